The fraction of sp³-hybridized carbons (Fsp3) is 0.111. The zero-order valence-electron chi connectivity index (χ0n) is 12.5. The molecule has 0 heterocycles. The second-order valence-electron chi connectivity index (χ2n) is 5.37. The van der Waals surface area contributed by atoms with Crippen LogP contribution in [0.25, 0.3) is 10.8 Å². The number of nitrogens with one attached hydrogen (secondary N) is 1. The molecule has 1 unspecified atom stereocenters. The van der Waals surface area contributed by atoms with E-state index in [2.05, 4.69) is 4.72 Å². The molecule has 23 heavy (non-hydrogen) atoms. The van der Waals surface area contributed by atoms with Crippen LogP contribution >= 0.6 is 11.6 Å². The number of halogens is 1. The van der Waals surface area contributed by atoms with E-state index in [0.717, 1.165) is 16.3 Å². The smallest absolute Gasteiger partial charge is 0.207 e. The molecule has 0 bridgehead atoms. The van der Waals surface area contributed by atoms with Crippen molar-refractivity contribution >= 4 is 32.4 Å². The van der Waals surface area contributed by atoms with E-state index in [1.165, 1.54) is 0 Å². The highest BCUT2D eigenvalue weighted by Gasteiger charge is 2.19. The van der Waals surface area contributed by atoms with Gasteiger partial charge in [0.1, 0.15) is 0 Å². The number of rotatable bonds is 4. The van der Waals surface area contributed by atoms with Crippen molar-refractivity contribution in [2.75, 3.05) is 0 Å². The minimum Gasteiger partial charge on any atom is -0.207 e. The van der Waals surface area contributed by atoms with Crippen molar-refractivity contribution in [3.8, 4) is 0 Å². The number of hydrogen-bond acceptors (Lipinski definition) is 2. The number of hydrogen-bond donors (Lipinski definition) is 1. The maximum atomic E-state index is 12.6. The summed E-state index contributed by atoms with van der Waals surface area (Å²) in [6, 6.07) is 19.6. The summed E-state index contributed by atoms with van der Waals surface area (Å²) in [5.41, 5.74) is 0.749. The van der Waals surface area contributed by atoms with Gasteiger partial charge in [0.2, 0.25) is 10.0 Å². The molecular formula is C18H16ClNO2S. The Hall–Kier alpha value is -1.88. The monoisotopic (exact) mass is 345 g/mol. The van der Waals surface area contributed by atoms with E-state index in [0.29, 0.717) is 5.02 Å². The van der Waals surface area contributed by atoms with Crippen LogP contribution in [0.5, 0.6) is 0 Å². The van der Waals surface area contributed by atoms with Gasteiger partial charge in [0, 0.05) is 11.1 Å². The van der Waals surface area contributed by atoms with Crippen LogP contribution in [0.2, 0.25) is 5.02 Å². The molecule has 0 aromatic heterocycles. The molecule has 0 aliphatic carbocycles. The second-order valence-corrected chi connectivity index (χ2v) is 7.49. The molecule has 3 aromatic rings. The molecule has 0 amide bonds. The van der Waals surface area contributed by atoms with Crippen molar-refractivity contribution in [3.63, 3.8) is 0 Å². The molecule has 0 saturated carbocycles. The molecule has 5 heteroatoms. The molecular weight excluding hydrogens is 330 g/mol. The largest absolute Gasteiger partial charge is 0.241 e. The zero-order chi connectivity index (χ0) is 16.4. The normalized spacial score (nSPS) is 13.1. The Balaban J connectivity index is 1.92. The molecule has 1 atom stereocenters. The molecule has 118 valence electrons. The number of sulfonamides is 1. The third-order valence-electron chi connectivity index (χ3n) is 3.73. The first-order valence-electron chi connectivity index (χ1n) is 7.23. The van der Waals surface area contributed by atoms with Gasteiger partial charge in [-0.25, -0.2) is 13.1 Å². The maximum absolute atomic E-state index is 12.6. The third-order valence-corrected chi connectivity index (χ3v) is 5.62. The van der Waals surface area contributed by atoms with Crippen LogP contribution < -0.4 is 4.72 Å². The molecule has 3 aromatic carbocycles. The number of fused-ring (bicyclic) bond motifs is 1. The highest BCUT2D eigenvalue weighted by atomic mass is 35.5. The van der Waals surface area contributed by atoms with Crippen molar-refractivity contribution in [3.05, 3.63) is 77.3 Å². The zero-order valence-corrected chi connectivity index (χ0v) is 14.1. The lowest BCUT2D eigenvalue weighted by molar-refractivity contribution is 0.567. The molecule has 0 aliphatic rings. The Kier molecular flexibility index (Phi) is 4.39. The van der Waals surface area contributed by atoms with Gasteiger partial charge >= 0.3 is 0 Å². The fourth-order valence-corrected chi connectivity index (χ4v) is 4.08. The summed E-state index contributed by atoms with van der Waals surface area (Å²) >= 11 is 6.14. The van der Waals surface area contributed by atoms with Crippen LogP contribution in [0.4, 0.5) is 0 Å². The summed E-state index contributed by atoms with van der Waals surface area (Å²) in [5, 5.41) is 2.44. The lowest BCUT2D eigenvalue weighted by Crippen LogP contribution is -2.27. The van der Waals surface area contributed by atoms with E-state index >= 15 is 0 Å². The molecule has 1 N–H and O–H groups in total. The fourth-order valence-electron chi connectivity index (χ4n) is 2.53. The van der Waals surface area contributed by atoms with Crippen LogP contribution in [-0.2, 0) is 10.0 Å². The number of benzene rings is 3. The lowest BCUT2D eigenvalue weighted by atomic mass is 10.1. The van der Waals surface area contributed by atoms with Gasteiger partial charge in [-0.3, -0.25) is 0 Å². The minimum atomic E-state index is -3.62. The SMILES string of the molecule is CC(NS(=O)(=O)c1ccc2ccccc2c1)c1ccccc1Cl. The van der Waals surface area contributed by atoms with Gasteiger partial charge in [-0.2, -0.15) is 0 Å². The van der Waals surface area contributed by atoms with Crippen LogP contribution in [0.15, 0.2) is 71.6 Å². The summed E-state index contributed by atoms with van der Waals surface area (Å²) in [4.78, 5) is 0.245. The topological polar surface area (TPSA) is 46.2 Å². The van der Waals surface area contributed by atoms with Crippen molar-refractivity contribution in [1.82, 2.24) is 4.72 Å². The van der Waals surface area contributed by atoms with E-state index in [1.54, 1.807) is 25.1 Å². The standard InChI is InChI=1S/C18H16ClNO2S/c1-13(17-8-4-5-9-18(17)19)20-23(21,22)16-11-10-14-6-2-3-7-15(14)12-16/h2-13,20H,1H3. The summed E-state index contributed by atoms with van der Waals surface area (Å²) in [5.74, 6) is 0. The molecule has 0 spiro atoms. The molecule has 3 rings (SSSR count). The van der Waals surface area contributed by atoms with Gasteiger partial charge in [0.15, 0.2) is 0 Å². The quantitative estimate of drug-likeness (QED) is 0.755. The van der Waals surface area contributed by atoms with Gasteiger partial charge in [-0.05, 0) is 41.5 Å². The Labute approximate surface area is 141 Å². The van der Waals surface area contributed by atoms with Crippen molar-refractivity contribution < 1.29 is 8.42 Å². The van der Waals surface area contributed by atoms with Crippen molar-refractivity contribution in [2.45, 2.75) is 17.9 Å². The Morgan fingerprint density at radius 3 is 2.30 bits per heavy atom. The van der Waals surface area contributed by atoms with Gasteiger partial charge in [0.05, 0.1) is 4.90 Å². The van der Waals surface area contributed by atoms with Gasteiger partial charge in [-0.1, -0.05) is 60.1 Å². The van der Waals surface area contributed by atoms with Gasteiger partial charge in [0.25, 0.3) is 0 Å². The van der Waals surface area contributed by atoms with E-state index in [4.69, 9.17) is 11.6 Å². The summed E-state index contributed by atoms with van der Waals surface area (Å²) in [6.07, 6.45) is 0. The van der Waals surface area contributed by atoms with E-state index in [-0.39, 0.29) is 4.90 Å². The average molecular weight is 346 g/mol. The van der Waals surface area contributed by atoms with Crippen LogP contribution in [-0.4, -0.2) is 8.42 Å². The highest BCUT2D eigenvalue weighted by Crippen LogP contribution is 2.25. The predicted octanol–water partition coefficient (Wildman–Crippen LogP) is 4.53. The second kappa shape index (κ2) is 6.32. The summed E-state index contributed by atoms with van der Waals surface area (Å²) < 4.78 is 27.9. The van der Waals surface area contributed by atoms with E-state index in [1.807, 2.05) is 48.5 Å². The predicted molar refractivity (Wildman–Crippen MR) is 94.1 cm³/mol. The first kappa shape index (κ1) is 16.0. The van der Waals surface area contributed by atoms with E-state index < -0.39 is 16.1 Å². The molecule has 0 saturated heterocycles. The Morgan fingerprint density at radius 1 is 0.913 bits per heavy atom. The Morgan fingerprint density at radius 2 is 1.57 bits per heavy atom. The summed E-state index contributed by atoms with van der Waals surface area (Å²) in [6.45, 7) is 1.78. The highest BCUT2D eigenvalue weighted by molar-refractivity contribution is 7.89. The van der Waals surface area contributed by atoms with Gasteiger partial charge in [-0.15, -0.1) is 0 Å². The van der Waals surface area contributed by atoms with Gasteiger partial charge < -0.3 is 0 Å². The molecule has 0 aliphatic heterocycles. The third kappa shape index (κ3) is 3.39. The summed E-state index contributed by atoms with van der Waals surface area (Å²) in [7, 11) is -3.62. The van der Waals surface area contributed by atoms with Crippen molar-refractivity contribution in [2.24, 2.45) is 0 Å². The van der Waals surface area contributed by atoms with Crippen LogP contribution in [0.3, 0.4) is 0 Å². The van der Waals surface area contributed by atoms with Crippen LogP contribution in [0.1, 0.15) is 18.5 Å². The van der Waals surface area contributed by atoms with Crippen LogP contribution in [0, 0.1) is 0 Å². The molecule has 3 nitrogen and oxygen atoms in total. The lowest BCUT2D eigenvalue weighted by Gasteiger charge is -2.16. The average Bonchev–Trinajstić information content (AvgIpc) is 2.54. The maximum Gasteiger partial charge on any atom is 0.241 e. The van der Waals surface area contributed by atoms with Crippen molar-refractivity contribution in [1.29, 1.82) is 0 Å². The molecule has 0 fully saturated rings. The Bertz CT molecular complexity index is 954. The van der Waals surface area contributed by atoms with E-state index in [9.17, 15) is 8.42 Å². The molecule has 0 radical (unpaired) electrons. The minimum absolute atomic E-state index is 0.245. The first-order valence-corrected chi connectivity index (χ1v) is 9.09. The first-order chi connectivity index (χ1) is 11.0.